The largest absolute Gasteiger partial charge is 0.338 e. The topological polar surface area (TPSA) is 20.3 Å². The molecule has 1 heterocycles. The molecule has 0 radical (unpaired) electrons. The van der Waals surface area contributed by atoms with E-state index < -0.39 is 0 Å². The quantitative estimate of drug-likeness (QED) is 0.734. The minimum Gasteiger partial charge on any atom is -0.338 e. The Labute approximate surface area is 147 Å². The Hall–Kier alpha value is -1.81. The second-order valence-electron chi connectivity index (χ2n) is 6.20. The van der Waals surface area contributed by atoms with Gasteiger partial charge in [0, 0.05) is 23.9 Å². The van der Waals surface area contributed by atoms with Crippen molar-refractivity contribution < 1.29 is 9.18 Å². The van der Waals surface area contributed by atoms with Gasteiger partial charge in [0.2, 0.25) is 0 Å². The summed E-state index contributed by atoms with van der Waals surface area (Å²) in [5, 5.41) is 0. The fourth-order valence-corrected chi connectivity index (χ4v) is 3.92. The summed E-state index contributed by atoms with van der Waals surface area (Å²) in [6, 6.07) is 14.5. The van der Waals surface area contributed by atoms with E-state index in [1.54, 1.807) is 11.8 Å². The summed E-state index contributed by atoms with van der Waals surface area (Å²) in [6.45, 7) is 1.49. The van der Waals surface area contributed by atoms with Crippen LogP contribution in [0, 0.1) is 5.82 Å². The number of carbonyl (C=O) groups is 1. The highest BCUT2D eigenvalue weighted by molar-refractivity contribution is 7.98. The van der Waals surface area contributed by atoms with Crippen LogP contribution in [-0.4, -0.2) is 30.2 Å². The number of likely N-dealkylation sites (tertiary alicyclic amines) is 1. The predicted molar refractivity (Wildman–Crippen MR) is 97.1 cm³/mol. The Morgan fingerprint density at radius 3 is 2.62 bits per heavy atom. The molecule has 2 aromatic carbocycles. The second-order valence-corrected chi connectivity index (χ2v) is 7.04. The Morgan fingerprint density at radius 2 is 1.88 bits per heavy atom. The molecule has 3 rings (SSSR count). The number of rotatable bonds is 3. The molecule has 0 spiro atoms. The molecule has 0 N–H and O–H groups in total. The van der Waals surface area contributed by atoms with Crippen LogP contribution in [0.4, 0.5) is 4.39 Å². The molecule has 126 valence electrons. The number of nitrogens with zero attached hydrogens (tertiary/aromatic N) is 1. The first-order valence-electron chi connectivity index (χ1n) is 8.37. The van der Waals surface area contributed by atoms with Crippen molar-refractivity contribution in [3.8, 4) is 0 Å². The lowest BCUT2D eigenvalue weighted by Gasteiger charge is -2.25. The lowest BCUT2D eigenvalue weighted by Crippen LogP contribution is -2.34. The zero-order valence-electron chi connectivity index (χ0n) is 13.9. The van der Waals surface area contributed by atoms with Crippen LogP contribution in [0.1, 0.15) is 41.1 Å². The smallest absolute Gasteiger partial charge is 0.255 e. The van der Waals surface area contributed by atoms with Gasteiger partial charge in [-0.05, 0) is 48.9 Å². The summed E-state index contributed by atoms with van der Waals surface area (Å²) >= 11 is 1.60. The van der Waals surface area contributed by atoms with Crippen molar-refractivity contribution in [2.45, 2.75) is 30.1 Å². The van der Waals surface area contributed by atoms with Crippen molar-refractivity contribution in [3.63, 3.8) is 0 Å². The van der Waals surface area contributed by atoms with Gasteiger partial charge in [0.05, 0.1) is 5.56 Å². The summed E-state index contributed by atoms with van der Waals surface area (Å²) in [7, 11) is 0. The Balaban J connectivity index is 1.82. The highest BCUT2D eigenvalue weighted by Crippen LogP contribution is 2.29. The van der Waals surface area contributed by atoms with Crippen molar-refractivity contribution in [1.82, 2.24) is 4.90 Å². The molecule has 1 fully saturated rings. The van der Waals surface area contributed by atoms with E-state index >= 15 is 0 Å². The predicted octanol–water partition coefficient (Wildman–Crippen LogP) is 4.96. The number of carbonyl (C=O) groups excluding carboxylic acids is 1. The van der Waals surface area contributed by atoms with Crippen molar-refractivity contribution in [2.24, 2.45) is 0 Å². The normalized spacial score (nSPS) is 18.2. The lowest BCUT2D eigenvalue weighted by atomic mass is 9.94. The molecule has 1 amide bonds. The van der Waals surface area contributed by atoms with Crippen LogP contribution in [-0.2, 0) is 0 Å². The Bertz CT molecular complexity index is 701. The van der Waals surface area contributed by atoms with Gasteiger partial charge >= 0.3 is 0 Å². The fourth-order valence-electron chi connectivity index (χ4n) is 3.33. The van der Waals surface area contributed by atoms with Gasteiger partial charge in [-0.1, -0.05) is 30.7 Å². The molecule has 1 saturated heterocycles. The maximum Gasteiger partial charge on any atom is 0.255 e. The molecule has 1 atom stereocenters. The molecule has 0 unspecified atom stereocenters. The van der Waals surface area contributed by atoms with E-state index in [-0.39, 0.29) is 17.6 Å². The average Bonchev–Trinajstić information content (AvgIpc) is 2.88. The standard InChI is InChI=1S/C20H22FNOS/c1-24-19-8-3-2-7-18(19)20(23)22-13-5-4-6-16(14-22)15-9-11-17(21)12-10-15/h2-3,7-12,16H,4-6,13-14H2,1H3/t16-/m1/s1. The highest BCUT2D eigenvalue weighted by atomic mass is 32.2. The van der Waals surface area contributed by atoms with E-state index in [0.29, 0.717) is 6.54 Å². The maximum absolute atomic E-state index is 13.2. The molecular formula is C20H22FNOS. The SMILES string of the molecule is CSc1ccccc1C(=O)N1CCCC[C@@H](c2ccc(F)cc2)C1. The van der Waals surface area contributed by atoms with E-state index in [9.17, 15) is 9.18 Å². The van der Waals surface area contributed by atoms with Gasteiger partial charge < -0.3 is 4.90 Å². The van der Waals surface area contributed by atoms with E-state index in [1.807, 2.05) is 47.6 Å². The monoisotopic (exact) mass is 343 g/mol. The van der Waals surface area contributed by atoms with Gasteiger partial charge in [-0.3, -0.25) is 4.79 Å². The maximum atomic E-state index is 13.2. The molecular weight excluding hydrogens is 321 g/mol. The van der Waals surface area contributed by atoms with Crippen molar-refractivity contribution in [2.75, 3.05) is 19.3 Å². The van der Waals surface area contributed by atoms with Gasteiger partial charge in [-0.2, -0.15) is 0 Å². The van der Waals surface area contributed by atoms with Crippen LogP contribution in [0.2, 0.25) is 0 Å². The van der Waals surface area contributed by atoms with Crippen LogP contribution in [0.3, 0.4) is 0 Å². The third-order valence-electron chi connectivity index (χ3n) is 4.64. The molecule has 24 heavy (non-hydrogen) atoms. The fraction of sp³-hybridized carbons (Fsp3) is 0.350. The molecule has 0 bridgehead atoms. The summed E-state index contributed by atoms with van der Waals surface area (Å²) in [4.78, 5) is 16.0. The van der Waals surface area contributed by atoms with Gasteiger partial charge in [0.15, 0.2) is 0 Å². The average molecular weight is 343 g/mol. The third-order valence-corrected chi connectivity index (χ3v) is 5.43. The first-order chi connectivity index (χ1) is 11.7. The number of amides is 1. The van der Waals surface area contributed by atoms with Crippen LogP contribution < -0.4 is 0 Å². The lowest BCUT2D eigenvalue weighted by molar-refractivity contribution is 0.0751. The van der Waals surface area contributed by atoms with Gasteiger partial charge in [0.1, 0.15) is 5.82 Å². The highest BCUT2D eigenvalue weighted by Gasteiger charge is 2.25. The van der Waals surface area contributed by atoms with Crippen LogP contribution in [0.25, 0.3) is 0 Å². The van der Waals surface area contributed by atoms with Crippen molar-refractivity contribution >= 4 is 17.7 Å². The molecule has 4 heteroatoms. The molecule has 0 aromatic heterocycles. The zero-order chi connectivity index (χ0) is 16.9. The number of halogens is 1. The summed E-state index contributed by atoms with van der Waals surface area (Å²) in [6.07, 6.45) is 5.15. The molecule has 1 aliphatic rings. The third kappa shape index (κ3) is 3.81. The van der Waals surface area contributed by atoms with E-state index in [2.05, 4.69) is 0 Å². The van der Waals surface area contributed by atoms with Gasteiger partial charge in [-0.15, -0.1) is 11.8 Å². The van der Waals surface area contributed by atoms with Crippen LogP contribution in [0.5, 0.6) is 0 Å². The molecule has 2 aromatic rings. The summed E-state index contributed by atoms with van der Waals surface area (Å²) in [5.41, 5.74) is 1.90. The minimum atomic E-state index is -0.214. The Kier molecular flexibility index (Phi) is 5.56. The number of benzene rings is 2. The van der Waals surface area contributed by atoms with Crippen molar-refractivity contribution in [1.29, 1.82) is 0 Å². The number of thioether (sulfide) groups is 1. The second kappa shape index (κ2) is 7.84. The number of hydrogen-bond acceptors (Lipinski definition) is 2. The minimum absolute atomic E-state index is 0.106. The van der Waals surface area contributed by atoms with Crippen molar-refractivity contribution in [3.05, 3.63) is 65.5 Å². The molecule has 2 nitrogen and oxygen atoms in total. The van der Waals surface area contributed by atoms with Crippen LogP contribution >= 0.6 is 11.8 Å². The van der Waals surface area contributed by atoms with E-state index in [4.69, 9.17) is 0 Å². The van der Waals surface area contributed by atoms with Gasteiger partial charge in [-0.25, -0.2) is 4.39 Å². The summed E-state index contributed by atoms with van der Waals surface area (Å²) in [5.74, 6) is 0.168. The first kappa shape index (κ1) is 17.0. The van der Waals surface area contributed by atoms with Gasteiger partial charge in [0.25, 0.3) is 5.91 Å². The van der Waals surface area contributed by atoms with E-state index in [1.165, 1.54) is 12.1 Å². The molecule has 1 aliphatic heterocycles. The Morgan fingerprint density at radius 1 is 1.12 bits per heavy atom. The molecule has 0 aliphatic carbocycles. The summed E-state index contributed by atoms with van der Waals surface area (Å²) < 4.78 is 13.2. The van der Waals surface area contributed by atoms with E-state index in [0.717, 1.165) is 41.8 Å². The first-order valence-corrected chi connectivity index (χ1v) is 9.59. The molecule has 0 saturated carbocycles. The van der Waals surface area contributed by atoms with Crippen LogP contribution in [0.15, 0.2) is 53.4 Å². The zero-order valence-corrected chi connectivity index (χ0v) is 14.7. The number of hydrogen-bond donors (Lipinski definition) is 0.